The van der Waals surface area contributed by atoms with Gasteiger partial charge in [0, 0.05) is 10.5 Å². The Balaban J connectivity index is 1.82. The Morgan fingerprint density at radius 3 is 1.87 bits per heavy atom. The summed E-state index contributed by atoms with van der Waals surface area (Å²) < 4.78 is 0. The predicted octanol–water partition coefficient (Wildman–Crippen LogP) is 4.91. The highest BCUT2D eigenvalue weighted by Gasteiger charge is 2.16. The topological polar surface area (TPSA) is 29.1 Å². The summed E-state index contributed by atoms with van der Waals surface area (Å²) >= 11 is 1.63. The molecule has 0 saturated carbocycles. The summed E-state index contributed by atoms with van der Waals surface area (Å²) in [5.41, 5.74) is 1.74. The van der Waals surface area contributed by atoms with Crippen molar-refractivity contribution < 1.29 is 4.79 Å². The largest absolute Gasteiger partial charge is 0.336 e. The smallest absolute Gasteiger partial charge is 0.252 e. The highest BCUT2D eigenvalue weighted by molar-refractivity contribution is 7.99. The summed E-state index contributed by atoms with van der Waals surface area (Å²) in [7, 11) is 0. The maximum Gasteiger partial charge on any atom is 0.252 e. The van der Waals surface area contributed by atoms with Crippen LogP contribution >= 0.6 is 11.8 Å². The second-order valence-corrected chi connectivity index (χ2v) is 6.24. The molecular formula is C20H17NOS. The number of thioether (sulfide) groups is 1. The van der Waals surface area contributed by atoms with Crippen molar-refractivity contribution in [1.82, 2.24) is 5.32 Å². The van der Waals surface area contributed by atoms with E-state index in [-0.39, 0.29) is 11.3 Å². The summed E-state index contributed by atoms with van der Waals surface area (Å²) in [5, 5.41) is 2.99. The fourth-order valence-corrected chi connectivity index (χ4v) is 3.28. The van der Waals surface area contributed by atoms with E-state index in [9.17, 15) is 4.79 Å². The lowest BCUT2D eigenvalue weighted by Crippen LogP contribution is -2.26. The molecule has 2 nitrogen and oxygen atoms in total. The molecule has 0 fully saturated rings. The Morgan fingerprint density at radius 1 is 0.739 bits per heavy atom. The number of amides is 1. The van der Waals surface area contributed by atoms with Crippen LogP contribution in [0.1, 0.15) is 21.3 Å². The quantitative estimate of drug-likeness (QED) is 0.535. The van der Waals surface area contributed by atoms with Crippen LogP contribution in [0.15, 0.2) is 95.9 Å². The molecule has 1 N–H and O–H groups in total. The molecule has 0 aliphatic carbocycles. The number of rotatable bonds is 5. The van der Waals surface area contributed by atoms with Crippen molar-refractivity contribution in [3.05, 3.63) is 102 Å². The first-order chi connectivity index (χ1) is 11.3. The zero-order valence-electron chi connectivity index (χ0n) is 12.6. The van der Waals surface area contributed by atoms with Gasteiger partial charge in [0.15, 0.2) is 0 Å². The number of carbonyl (C=O) groups is 1. The molecule has 0 unspecified atom stereocenters. The Bertz CT molecular complexity index is 744. The van der Waals surface area contributed by atoms with E-state index in [0.29, 0.717) is 5.56 Å². The molecule has 114 valence electrons. The van der Waals surface area contributed by atoms with Crippen LogP contribution in [0.4, 0.5) is 0 Å². The van der Waals surface area contributed by atoms with Crippen LogP contribution in [0.2, 0.25) is 0 Å². The zero-order valence-corrected chi connectivity index (χ0v) is 13.4. The molecule has 1 amide bonds. The fourth-order valence-electron chi connectivity index (χ4n) is 2.24. The molecule has 0 aliphatic heterocycles. The van der Waals surface area contributed by atoms with Crippen LogP contribution < -0.4 is 5.32 Å². The highest BCUT2D eigenvalue weighted by Crippen LogP contribution is 2.33. The van der Waals surface area contributed by atoms with Gasteiger partial charge >= 0.3 is 0 Å². The molecule has 3 rings (SSSR count). The first-order valence-electron chi connectivity index (χ1n) is 7.45. The van der Waals surface area contributed by atoms with E-state index in [0.717, 1.165) is 10.5 Å². The minimum absolute atomic E-state index is 0.0668. The maximum absolute atomic E-state index is 12.5. The van der Waals surface area contributed by atoms with Gasteiger partial charge in [0.05, 0.1) is 0 Å². The number of nitrogens with one attached hydrogen (secondary N) is 1. The van der Waals surface area contributed by atoms with Crippen LogP contribution in [0.25, 0.3) is 0 Å². The second kappa shape index (κ2) is 7.65. The van der Waals surface area contributed by atoms with Gasteiger partial charge in [-0.25, -0.2) is 0 Å². The number of hydrogen-bond donors (Lipinski definition) is 1. The summed E-state index contributed by atoms with van der Waals surface area (Å²) in [6.45, 7) is 0. The molecule has 23 heavy (non-hydrogen) atoms. The molecule has 0 aromatic heterocycles. The Hall–Kier alpha value is -2.52. The van der Waals surface area contributed by atoms with Gasteiger partial charge in [-0.05, 0) is 29.8 Å². The third kappa shape index (κ3) is 4.24. The molecule has 0 saturated heterocycles. The Kier molecular flexibility index (Phi) is 5.12. The van der Waals surface area contributed by atoms with Crippen molar-refractivity contribution >= 4 is 17.7 Å². The standard InChI is InChI=1S/C20H17NOS/c22-19(16-10-4-1-5-11-16)21-20(17-12-6-2-7-13-17)23-18-14-8-3-9-15-18/h1-15,20H,(H,21,22)/t20-/m1/s1. The predicted molar refractivity (Wildman–Crippen MR) is 95.4 cm³/mol. The van der Waals surface area contributed by atoms with Gasteiger partial charge in [-0.15, -0.1) is 0 Å². The van der Waals surface area contributed by atoms with E-state index in [1.165, 1.54) is 0 Å². The van der Waals surface area contributed by atoms with E-state index in [2.05, 4.69) is 17.4 Å². The lowest BCUT2D eigenvalue weighted by atomic mass is 10.2. The van der Waals surface area contributed by atoms with E-state index in [1.54, 1.807) is 11.8 Å². The van der Waals surface area contributed by atoms with E-state index >= 15 is 0 Å². The molecule has 0 aliphatic rings. The molecule has 0 bridgehead atoms. The van der Waals surface area contributed by atoms with Gasteiger partial charge < -0.3 is 5.32 Å². The average Bonchev–Trinajstić information content (AvgIpc) is 2.63. The van der Waals surface area contributed by atoms with Crippen LogP contribution in [-0.4, -0.2) is 5.91 Å². The van der Waals surface area contributed by atoms with Crippen LogP contribution in [0.3, 0.4) is 0 Å². The van der Waals surface area contributed by atoms with Crippen LogP contribution in [-0.2, 0) is 0 Å². The summed E-state index contributed by atoms with van der Waals surface area (Å²) in [5.74, 6) is -0.0668. The van der Waals surface area contributed by atoms with Crippen molar-refractivity contribution in [2.75, 3.05) is 0 Å². The van der Waals surface area contributed by atoms with Gasteiger partial charge in [-0.3, -0.25) is 4.79 Å². The normalized spacial score (nSPS) is 11.7. The highest BCUT2D eigenvalue weighted by atomic mass is 32.2. The Morgan fingerprint density at radius 2 is 1.26 bits per heavy atom. The zero-order chi connectivity index (χ0) is 15.9. The molecule has 0 spiro atoms. The molecule has 1 atom stereocenters. The fraction of sp³-hybridized carbons (Fsp3) is 0.0500. The van der Waals surface area contributed by atoms with Gasteiger partial charge in [0.2, 0.25) is 0 Å². The summed E-state index contributed by atoms with van der Waals surface area (Å²) in [6.07, 6.45) is 0. The van der Waals surface area contributed by atoms with Gasteiger partial charge in [-0.2, -0.15) is 0 Å². The molecular weight excluding hydrogens is 302 g/mol. The van der Waals surface area contributed by atoms with Crippen molar-refractivity contribution in [2.45, 2.75) is 10.3 Å². The van der Waals surface area contributed by atoms with Crippen LogP contribution in [0, 0.1) is 0 Å². The molecule has 3 aromatic rings. The van der Waals surface area contributed by atoms with Crippen molar-refractivity contribution in [3.63, 3.8) is 0 Å². The van der Waals surface area contributed by atoms with Crippen molar-refractivity contribution in [3.8, 4) is 0 Å². The first kappa shape index (κ1) is 15.4. The van der Waals surface area contributed by atoms with E-state index in [4.69, 9.17) is 0 Å². The molecule has 3 aromatic carbocycles. The SMILES string of the molecule is O=C(N[C@H](Sc1ccccc1)c1ccccc1)c1ccccc1. The lowest BCUT2D eigenvalue weighted by Gasteiger charge is -2.19. The minimum atomic E-state index is -0.133. The minimum Gasteiger partial charge on any atom is -0.336 e. The maximum atomic E-state index is 12.5. The summed E-state index contributed by atoms with van der Waals surface area (Å²) in [6, 6.07) is 29.4. The van der Waals surface area contributed by atoms with Gasteiger partial charge in [0.25, 0.3) is 5.91 Å². The van der Waals surface area contributed by atoms with Gasteiger partial charge in [-0.1, -0.05) is 78.5 Å². The van der Waals surface area contributed by atoms with Crippen molar-refractivity contribution in [1.29, 1.82) is 0 Å². The first-order valence-corrected chi connectivity index (χ1v) is 8.33. The lowest BCUT2D eigenvalue weighted by molar-refractivity contribution is 0.0949. The Labute approximate surface area is 140 Å². The van der Waals surface area contributed by atoms with E-state index in [1.807, 2.05) is 78.9 Å². The average molecular weight is 319 g/mol. The summed E-state index contributed by atoms with van der Waals surface area (Å²) in [4.78, 5) is 13.6. The second-order valence-electron chi connectivity index (χ2n) is 5.06. The molecule has 0 heterocycles. The third-order valence-electron chi connectivity index (χ3n) is 3.40. The van der Waals surface area contributed by atoms with Crippen LogP contribution in [0.5, 0.6) is 0 Å². The third-order valence-corrected chi connectivity index (χ3v) is 4.57. The van der Waals surface area contributed by atoms with E-state index < -0.39 is 0 Å². The number of hydrogen-bond acceptors (Lipinski definition) is 2. The molecule has 3 heteroatoms. The molecule has 0 radical (unpaired) electrons. The number of benzene rings is 3. The van der Waals surface area contributed by atoms with Gasteiger partial charge in [0.1, 0.15) is 5.37 Å². The monoisotopic (exact) mass is 319 g/mol. The van der Waals surface area contributed by atoms with Crippen molar-refractivity contribution in [2.24, 2.45) is 0 Å². The number of carbonyl (C=O) groups excluding carboxylic acids is 1.